The molecule has 0 saturated heterocycles. The van der Waals surface area contributed by atoms with Crippen LogP contribution in [0.1, 0.15) is 11.3 Å². The van der Waals surface area contributed by atoms with E-state index in [0.717, 1.165) is 16.3 Å². The molecule has 0 bridgehead atoms. The molecule has 10 heteroatoms. The maximum atomic E-state index is 12.2. The summed E-state index contributed by atoms with van der Waals surface area (Å²) in [6, 6.07) is 12.1. The number of sulfonamides is 1. The Morgan fingerprint density at radius 1 is 1.16 bits per heavy atom. The van der Waals surface area contributed by atoms with Gasteiger partial charge in [0.1, 0.15) is 28.0 Å². The van der Waals surface area contributed by atoms with Crippen LogP contribution in [0.25, 0.3) is 16.6 Å². The number of hydrogen-bond acceptors (Lipinski definition) is 8. The van der Waals surface area contributed by atoms with Crippen molar-refractivity contribution >= 4 is 33.4 Å². The van der Waals surface area contributed by atoms with E-state index in [9.17, 15) is 13.2 Å². The molecule has 168 valence electrons. The van der Waals surface area contributed by atoms with Gasteiger partial charge in [-0.25, -0.2) is 22.9 Å². The van der Waals surface area contributed by atoms with Gasteiger partial charge in [0.05, 0.1) is 19.9 Å². The SMILES string of the molecule is CNS(=O)(=O)c1cc(/C=C/C(=O)OCc2csc(-c3cccc(OC)c3)n2)ccc1OC. The summed E-state index contributed by atoms with van der Waals surface area (Å²) < 4.78 is 42.1. The third-order valence-electron chi connectivity index (χ3n) is 4.39. The highest BCUT2D eigenvalue weighted by Crippen LogP contribution is 2.27. The lowest BCUT2D eigenvalue weighted by atomic mass is 10.2. The number of hydrogen-bond donors (Lipinski definition) is 1. The van der Waals surface area contributed by atoms with Crippen molar-refractivity contribution in [1.29, 1.82) is 0 Å². The maximum absolute atomic E-state index is 12.2. The summed E-state index contributed by atoms with van der Waals surface area (Å²) in [5.74, 6) is 0.365. The minimum absolute atomic E-state index is 0.0195. The standard InChI is InChI=1S/C22H22N2O6S2/c1-23-32(26,27)20-11-15(7-9-19(20)29-3)8-10-21(25)30-13-17-14-31-22(24-17)16-5-4-6-18(12-16)28-2/h4-12,14,23H,13H2,1-3H3/b10-8+. The zero-order valence-electron chi connectivity index (χ0n) is 17.7. The molecular formula is C22H22N2O6S2. The molecule has 3 rings (SSSR count). The van der Waals surface area contributed by atoms with E-state index in [1.54, 1.807) is 13.2 Å². The van der Waals surface area contributed by atoms with E-state index < -0.39 is 16.0 Å². The van der Waals surface area contributed by atoms with E-state index >= 15 is 0 Å². The first kappa shape index (κ1) is 23.5. The molecule has 2 aromatic carbocycles. The second kappa shape index (κ2) is 10.4. The molecule has 0 radical (unpaired) electrons. The Bertz CT molecular complexity index is 1230. The van der Waals surface area contributed by atoms with Crippen LogP contribution < -0.4 is 14.2 Å². The van der Waals surface area contributed by atoms with Crippen LogP contribution in [-0.4, -0.2) is 40.6 Å². The molecule has 0 atom stereocenters. The largest absolute Gasteiger partial charge is 0.497 e. The quantitative estimate of drug-likeness (QED) is 0.374. The second-order valence-corrected chi connectivity index (χ2v) is 9.15. The first-order chi connectivity index (χ1) is 15.4. The van der Waals surface area contributed by atoms with Gasteiger partial charge in [-0.15, -0.1) is 11.3 Å². The zero-order chi connectivity index (χ0) is 23.1. The fourth-order valence-electron chi connectivity index (χ4n) is 2.74. The number of carbonyl (C=O) groups is 1. The second-order valence-electron chi connectivity index (χ2n) is 6.43. The van der Waals surface area contributed by atoms with Crippen LogP contribution in [0.15, 0.2) is 58.8 Å². The van der Waals surface area contributed by atoms with E-state index in [1.807, 2.05) is 29.6 Å². The van der Waals surface area contributed by atoms with Gasteiger partial charge in [-0.2, -0.15) is 0 Å². The molecule has 0 unspecified atom stereocenters. The normalized spacial score (nSPS) is 11.5. The average Bonchev–Trinajstić information content (AvgIpc) is 3.30. The van der Waals surface area contributed by atoms with Gasteiger partial charge in [-0.1, -0.05) is 18.2 Å². The van der Waals surface area contributed by atoms with Crippen LogP contribution in [0.4, 0.5) is 0 Å². The molecule has 0 saturated carbocycles. The lowest BCUT2D eigenvalue weighted by Crippen LogP contribution is -2.19. The van der Waals surface area contributed by atoms with Crippen molar-refractivity contribution in [2.45, 2.75) is 11.5 Å². The Labute approximate surface area is 190 Å². The van der Waals surface area contributed by atoms with Crippen LogP contribution in [0.5, 0.6) is 11.5 Å². The van der Waals surface area contributed by atoms with Crippen molar-refractivity contribution in [1.82, 2.24) is 9.71 Å². The summed E-state index contributed by atoms with van der Waals surface area (Å²) in [5.41, 5.74) is 2.05. The van der Waals surface area contributed by atoms with Crippen LogP contribution >= 0.6 is 11.3 Å². The first-order valence-electron chi connectivity index (χ1n) is 9.41. The minimum Gasteiger partial charge on any atom is -0.497 e. The predicted octanol–water partition coefficient (Wildman–Crippen LogP) is 3.49. The molecule has 8 nitrogen and oxygen atoms in total. The lowest BCUT2D eigenvalue weighted by Gasteiger charge is -2.09. The number of esters is 1. The van der Waals surface area contributed by atoms with Crippen LogP contribution in [0, 0.1) is 0 Å². The van der Waals surface area contributed by atoms with Gasteiger partial charge >= 0.3 is 5.97 Å². The Balaban J connectivity index is 1.64. The number of aromatic nitrogens is 1. The highest BCUT2D eigenvalue weighted by atomic mass is 32.2. The number of rotatable bonds is 9. The van der Waals surface area contributed by atoms with Crippen molar-refractivity contribution in [3.63, 3.8) is 0 Å². The van der Waals surface area contributed by atoms with Crippen LogP contribution in [0.2, 0.25) is 0 Å². The van der Waals surface area contributed by atoms with E-state index in [4.69, 9.17) is 14.2 Å². The first-order valence-corrected chi connectivity index (χ1v) is 11.8. The summed E-state index contributed by atoms with van der Waals surface area (Å²) in [7, 11) is 0.586. The summed E-state index contributed by atoms with van der Waals surface area (Å²) >= 11 is 1.44. The van der Waals surface area contributed by atoms with Gasteiger partial charge in [0, 0.05) is 17.0 Å². The predicted molar refractivity (Wildman–Crippen MR) is 122 cm³/mol. The van der Waals surface area contributed by atoms with Crippen LogP contribution in [0.3, 0.4) is 0 Å². The smallest absolute Gasteiger partial charge is 0.331 e. The summed E-state index contributed by atoms with van der Waals surface area (Å²) in [6.45, 7) is 0.0195. The van der Waals surface area contributed by atoms with Crippen LogP contribution in [-0.2, 0) is 26.2 Å². The number of nitrogens with zero attached hydrogens (tertiary/aromatic N) is 1. The maximum Gasteiger partial charge on any atom is 0.331 e. The van der Waals surface area contributed by atoms with E-state index in [-0.39, 0.29) is 17.3 Å². The van der Waals surface area contributed by atoms with Gasteiger partial charge in [-0.05, 0) is 43.0 Å². The fourth-order valence-corrected chi connectivity index (χ4v) is 4.47. The highest BCUT2D eigenvalue weighted by Gasteiger charge is 2.17. The Hall–Kier alpha value is -3.21. The van der Waals surface area contributed by atoms with Crippen molar-refractivity contribution in [3.05, 3.63) is 65.2 Å². The highest BCUT2D eigenvalue weighted by molar-refractivity contribution is 7.89. The average molecular weight is 475 g/mol. The molecule has 0 aliphatic carbocycles. The third-order valence-corrected chi connectivity index (χ3v) is 6.76. The van der Waals surface area contributed by atoms with E-state index in [2.05, 4.69) is 9.71 Å². The van der Waals surface area contributed by atoms with Crippen molar-refractivity contribution in [2.24, 2.45) is 0 Å². The van der Waals surface area contributed by atoms with Crippen molar-refractivity contribution < 1.29 is 27.4 Å². The topological polar surface area (TPSA) is 104 Å². The molecule has 1 aromatic heterocycles. The molecule has 32 heavy (non-hydrogen) atoms. The van der Waals surface area contributed by atoms with Gasteiger partial charge in [-0.3, -0.25) is 0 Å². The molecule has 0 spiro atoms. The Morgan fingerprint density at radius 2 is 1.97 bits per heavy atom. The van der Waals surface area contributed by atoms with Gasteiger partial charge in [0.15, 0.2) is 0 Å². The number of thiazole rings is 1. The van der Waals surface area contributed by atoms with Gasteiger partial charge < -0.3 is 14.2 Å². The molecular weight excluding hydrogens is 452 g/mol. The number of ether oxygens (including phenoxy) is 3. The van der Waals surface area contributed by atoms with E-state index in [0.29, 0.717) is 11.3 Å². The summed E-state index contributed by atoms with van der Waals surface area (Å²) in [5, 5.41) is 2.62. The zero-order valence-corrected chi connectivity index (χ0v) is 19.3. The minimum atomic E-state index is -3.71. The number of methoxy groups -OCH3 is 2. The molecule has 3 aromatic rings. The molecule has 0 aliphatic heterocycles. The molecule has 1 heterocycles. The van der Waals surface area contributed by atoms with Gasteiger partial charge in [0.2, 0.25) is 10.0 Å². The number of benzene rings is 2. The summed E-state index contributed by atoms with van der Waals surface area (Å²) in [6.07, 6.45) is 2.70. The summed E-state index contributed by atoms with van der Waals surface area (Å²) in [4.78, 5) is 16.6. The van der Waals surface area contributed by atoms with Crippen molar-refractivity contribution in [3.8, 4) is 22.1 Å². The van der Waals surface area contributed by atoms with Crippen molar-refractivity contribution in [2.75, 3.05) is 21.3 Å². The molecule has 0 aliphatic rings. The Morgan fingerprint density at radius 3 is 2.69 bits per heavy atom. The third kappa shape index (κ3) is 5.72. The molecule has 1 N–H and O–H groups in total. The molecule has 0 fully saturated rings. The Kier molecular flexibility index (Phi) is 7.62. The van der Waals surface area contributed by atoms with E-state index in [1.165, 1.54) is 49.8 Å². The number of carbonyl (C=O) groups excluding carboxylic acids is 1. The molecule has 0 amide bonds. The fraction of sp³-hybridized carbons (Fsp3) is 0.182. The lowest BCUT2D eigenvalue weighted by molar-refractivity contribution is -0.139. The number of nitrogens with one attached hydrogen (secondary N) is 1. The monoisotopic (exact) mass is 474 g/mol. The van der Waals surface area contributed by atoms with Gasteiger partial charge in [0.25, 0.3) is 0 Å².